The van der Waals surface area contributed by atoms with Crippen molar-refractivity contribution in [2.45, 2.75) is 12.6 Å². The van der Waals surface area contributed by atoms with Crippen molar-refractivity contribution >= 4 is 23.2 Å². The van der Waals surface area contributed by atoms with Crippen LogP contribution in [0.3, 0.4) is 0 Å². The number of aliphatic hydroxyl groups excluding tert-OH is 1. The highest BCUT2D eigenvalue weighted by Crippen LogP contribution is 2.25. The fraction of sp³-hybridized carbons (Fsp3) is 0.231. The van der Waals surface area contributed by atoms with E-state index in [4.69, 9.17) is 27.6 Å². The minimum Gasteiger partial charge on any atom is -0.468 e. The van der Waals surface area contributed by atoms with Gasteiger partial charge in [-0.2, -0.15) is 0 Å². The Morgan fingerprint density at radius 3 is 2.78 bits per heavy atom. The van der Waals surface area contributed by atoms with E-state index in [9.17, 15) is 5.11 Å². The third-order valence-electron chi connectivity index (χ3n) is 2.54. The molecule has 1 atom stereocenters. The van der Waals surface area contributed by atoms with E-state index in [1.165, 1.54) is 0 Å². The van der Waals surface area contributed by atoms with E-state index in [1.54, 1.807) is 24.5 Å². The van der Waals surface area contributed by atoms with Crippen LogP contribution in [0.2, 0.25) is 10.0 Å². The second kappa shape index (κ2) is 6.25. The number of aliphatic hydroxyl groups is 1. The van der Waals surface area contributed by atoms with Gasteiger partial charge in [0.25, 0.3) is 0 Å². The van der Waals surface area contributed by atoms with Crippen LogP contribution in [0.15, 0.2) is 41.0 Å². The molecule has 2 aromatic rings. The molecule has 0 amide bonds. The van der Waals surface area contributed by atoms with Gasteiger partial charge in [0.1, 0.15) is 5.76 Å². The molecule has 2 N–H and O–H groups in total. The third kappa shape index (κ3) is 3.50. The lowest BCUT2D eigenvalue weighted by Gasteiger charge is -2.13. The summed E-state index contributed by atoms with van der Waals surface area (Å²) in [6.45, 7) is 0.956. The van der Waals surface area contributed by atoms with Crippen LogP contribution in [0.4, 0.5) is 0 Å². The minimum absolute atomic E-state index is 0.391. The van der Waals surface area contributed by atoms with E-state index < -0.39 is 6.10 Å². The number of rotatable bonds is 5. The molecule has 0 saturated carbocycles. The highest BCUT2D eigenvalue weighted by Gasteiger charge is 2.11. The Morgan fingerprint density at radius 2 is 2.11 bits per heavy atom. The van der Waals surface area contributed by atoms with Crippen molar-refractivity contribution in [3.63, 3.8) is 0 Å². The van der Waals surface area contributed by atoms with Crippen molar-refractivity contribution in [3.8, 4) is 0 Å². The predicted octanol–water partition coefficient (Wildman–Crippen LogP) is 3.41. The number of halogens is 2. The molecule has 96 valence electrons. The lowest BCUT2D eigenvalue weighted by molar-refractivity contribution is 0.173. The zero-order valence-electron chi connectivity index (χ0n) is 9.57. The summed E-state index contributed by atoms with van der Waals surface area (Å²) in [5, 5.41) is 14.1. The van der Waals surface area contributed by atoms with Crippen LogP contribution in [-0.4, -0.2) is 11.7 Å². The van der Waals surface area contributed by atoms with Crippen LogP contribution in [0, 0.1) is 0 Å². The second-order valence-corrected chi connectivity index (χ2v) is 4.74. The van der Waals surface area contributed by atoms with Crippen molar-refractivity contribution in [1.29, 1.82) is 0 Å². The normalized spacial score (nSPS) is 12.6. The van der Waals surface area contributed by atoms with Gasteiger partial charge < -0.3 is 14.8 Å². The second-order valence-electron chi connectivity index (χ2n) is 3.89. The Kier molecular flexibility index (Phi) is 4.66. The van der Waals surface area contributed by atoms with Gasteiger partial charge in [0.05, 0.1) is 18.9 Å². The van der Waals surface area contributed by atoms with Gasteiger partial charge in [0.2, 0.25) is 0 Å². The molecule has 5 heteroatoms. The number of benzene rings is 1. The van der Waals surface area contributed by atoms with Crippen molar-refractivity contribution in [3.05, 3.63) is 58.0 Å². The summed E-state index contributed by atoms with van der Waals surface area (Å²) in [7, 11) is 0. The molecule has 0 aliphatic rings. The first kappa shape index (κ1) is 13.4. The molecular formula is C13H13Cl2NO2. The van der Waals surface area contributed by atoms with E-state index in [-0.39, 0.29) is 0 Å². The van der Waals surface area contributed by atoms with Gasteiger partial charge in [-0.1, -0.05) is 29.3 Å². The molecular weight excluding hydrogens is 273 g/mol. The minimum atomic E-state index is -0.676. The van der Waals surface area contributed by atoms with Crippen LogP contribution in [-0.2, 0) is 6.54 Å². The lowest BCUT2D eigenvalue weighted by Crippen LogP contribution is -2.21. The van der Waals surface area contributed by atoms with Gasteiger partial charge in [0, 0.05) is 22.2 Å². The Bertz CT molecular complexity index is 500. The summed E-state index contributed by atoms with van der Waals surface area (Å²) in [5.74, 6) is 0.824. The van der Waals surface area contributed by atoms with E-state index >= 15 is 0 Å². The van der Waals surface area contributed by atoms with Gasteiger partial charge in [0.15, 0.2) is 0 Å². The first-order chi connectivity index (χ1) is 8.66. The zero-order chi connectivity index (χ0) is 13.0. The van der Waals surface area contributed by atoms with Crippen LogP contribution < -0.4 is 5.32 Å². The summed E-state index contributed by atoms with van der Waals surface area (Å²) >= 11 is 11.8. The van der Waals surface area contributed by atoms with Gasteiger partial charge in [-0.15, -0.1) is 0 Å². The van der Waals surface area contributed by atoms with Crippen LogP contribution >= 0.6 is 23.2 Å². The Labute approximate surface area is 115 Å². The van der Waals surface area contributed by atoms with E-state index in [0.29, 0.717) is 28.7 Å². The topological polar surface area (TPSA) is 45.4 Å². The Balaban J connectivity index is 1.89. The zero-order valence-corrected chi connectivity index (χ0v) is 11.1. The molecule has 0 spiro atoms. The van der Waals surface area contributed by atoms with Gasteiger partial charge in [-0.05, 0) is 24.3 Å². The smallest absolute Gasteiger partial charge is 0.117 e. The fourth-order valence-electron chi connectivity index (χ4n) is 1.63. The molecule has 1 aromatic heterocycles. The van der Waals surface area contributed by atoms with Gasteiger partial charge >= 0.3 is 0 Å². The molecule has 0 aliphatic heterocycles. The molecule has 0 bridgehead atoms. The van der Waals surface area contributed by atoms with Gasteiger partial charge in [-0.3, -0.25) is 0 Å². The number of hydrogen-bond acceptors (Lipinski definition) is 3. The number of nitrogens with one attached hydrogen (secondary N) is 1. The fourth-order valence-corrected chi connectivity index (χ4v) is 2.16. The first-order valence-corrected chi connectivity index (χ1v) is 6.28. The molecule has 2 rings (SSSR count). The standard InChI is InChI=1S/C13H13Cl2NO2/c14-9-3-4-11(12(15)6-9)13(17)8-16-7-10-2-1-5-18-10/h1-6,13,16-17H,7-8H2. The monoisotopic (exact) mass is 285 g/mol. The average molecular weight is 286 g/mol. The molecule has 0 aliphatic carbocycles. The van der Waals surface area contributed by atoms with Crippen LogP contribution in [0.1, 0.15) is 17.4 Å². The van der Waals surface area contributed by atoms with Crippen molar-refractivity contribution in [2.75, 3.05) is 6.54 Å². The van der Waals surface area contributed by atoms with Crippen molar-refractivity contribution < 1.29 is 9.52 Å². The molecule has 1 unspecified atom stereocenters. The highest BCUT2D eigenvalue weighted by molar-refractivity contribution is 6.35. The summed E-state index contributed by atoms with van der Waals surface area (Å²) in [6.07, 6.45) is 0.938. The lowest BCUT2D eigenvalue weighted by atomic mass is 10.1. The van der Waals surface area contributed by atoms with Crippen molar-refractivity contribution in [2.24, 2.45) is 0 Å². The quantitative estimate of drug-likeness (QED) is 0.885. The maximum absolute atomic E-state index is 10.0. The Hall–Kier alpha value is -1.000. The first-order valence-electron chi connectivity index (χ1n) is 5.53. The summed E-state index contributed by atoms with van der Waals surface area (Å²) in [6, 6.07) is 8.74. The molecule has 1 aromatic carbocycles. The van der Waals surface area contributed by atoms with Crippen LogP contribution in [0.25, 0.3) is 0 Å². The summed E-state index contributed by atoms with van der Waals surface area (Å²) in [4.78, 5) is 0. The van der Waals surface area contributed by atoms with Crippen LogP contribution in [0.5, 0.6) is 0 Å². The van der Waals surface area contributed by atoms with E-state index in [1.807, 2.05) is 12.1 Å². The largest absolute Gasteiger partial charge is 0.468 e. The molecule has 0 saturated heterocycles. The predicted molar refractivity (Wildman–Crippen MR) is 71.8 cm³/mol. The average Bonchev–Trinajstić information content (AvgIpc) is 2.81. The molecule has 3 nitrogen and oxygen atoms in total. The summed E-state index contributed by atoms with van der Waals surface area (Å²) < 4.78 is 5.17. The SMILES string of the molecule is OC(CNCc1ccco1)c1ccc(Cl)cc1Cl. The molecule has 0 radical (unpaired) electrons. The Morgan fingerprint density at radius 1 is 1.28 bits per heavy atom. The van der Waals surface area contributed by atoms with E-state index in [2.05, 4.69) is 5.32 Å². The van der Waals surface area contributed by atoms with E-state index in [0.717, 1.165) is 5.76 Å². The van der Waals surface area contributed by atoms with Gasteiger partial charge in [-0.25, -0.2) is 0 Å². The number of hydrogen-bond donors (Lipinski definition) is 2. The number of furan rings is 1. The molecule has 1 heterocycles. The molecule has 0 fully saturated rings. The highest BCUT2D eigenvalue weighted by atomic mass is 35.5. The summed E-state index contributed by atoms with van der Waals surface area (Å²) in [5.41, 5.74) is 0.660. The van der Waals surface area contributed by atoms with Crippen molar-refractivity contribution in [1.82, 2.24) is 5.32 Å². The third-order valence-corrected chi connectivity index (χ3v) is 3.10. The maximum Gasteiger partial charge on any atom is 0.117 e. The maximum atomic E-state index is 10.0. The molecule has 18 heavy (non-hydrogen) atoms.